The summed E-state index contributed by atoms with van der Waals surface area (Å²) in [4.78, 5) is 14.1. The molecule has 0 spiro atoms. The van der Waals surface area contributed by atoms with Gasteiger partial charge in [-0.2, -0.15) is 0 Å². The van der Waals surface area contributed by atoms with Crippen molar-refractivity contribution in [3.05, 3.63) is 35.9 Å². The van der Waals surface area contributed by atoms with Crippen LogP contribution in [0.1, 0.15) is 37.8 Å². The minimum Gasteiger partial charge on any atom is -0.334 e. The highest BCUT2D eigenvalue weighted by molar-refractivity contribution is 5.82. The normalized spacial score (nSPS) is 21.5. The third-order valence-electron chi connectivity index (χ3n) is 3.48. The van der Waals surface area contributed by atoms with Gasteiger partial charge < -0.3 is 10.6 Å². The third kappa shape index (κ3) is 2.50. The maximum Gasteiger partial charge on any atom is 0.239 e. The Kier molecular flexibility index (Phi) is 3.79. The second-order valence-electron chi connectivity index (χ2n) is 4.62. The van der Waals surface area contributed by atoms with E-state index in [-0.39, 0.29) is 18.0 Å². The van der Waals surface area contributed by atoms with E-state index in [9.17, 15) is 4.79 Å². The molecular formula is C14H20N2O. The number of carbonyl (C=O) groups excluding carboxylic acids is 1. The van der Waals surface area contributed by atoms with Crippen LogP contribution in [0.15, 0.2) is 30.3 Å². The number of hydrogen-bond donors (Lipinski definition) is 1. The Balaban J connectivity index is 2.15. The second kappa shape index (κ2) is 5.32. The van der Waals surface area contributed by atoms with Crippen LogP contribution in [0.2, 0.25) is 0 Å². The summed E-state index contributed by atoms with van der Waals surface area (Å²) in [6.07, 6.45) is 2.82. The highest BCUT2D eigenvalue weighted by Gasteiger charge is 2.31. The average Bonchev–Trinajstić information content (AvgIpc) is 2.87. The van der Waals surface area contributed by atoms with Crippen molar-refractivity contribution in [3.63, 3.8) is 0 Å². The van der Waals surface area contributed by atoms with Crippen LogP contribution in [0.4, 0.5) is 0 Å². The second-order valence-corrected chi connectivity index (χ2v) is 4.62. The molecule has 2 rings (SSSR count). The number of carbonyl (C=O) groups is 1. The third-order valence-corrected chi connectivity index (χ3v) is 3.48. The summed E-state index contributed by atoms with van der Waals surface area (Å²) in [5.41, 5.74) is 7.07. The van der Waals surface area contributed by atoms with Gasteiger partial charge in [0.15, 0.2) is 0 Å². The lowest BCUT2D eigenvalue weighted by Gasteiger charge is -2.27. The lowest BCUT2D eigenvalue weighted by atomic mass is 10.0. The molecule has 0 bridgehead atoms. The van der Waals surface area contributed by atoms with E-state index in [1.165, 1.54) is 5.56 Å². The summed E-state index contributed by atoms with van der Waals surface area (Å²) in [7, 11) is 0. The molecule has 0 saturated carbocycles. The van der Waals surface area contributed by atoms with Gasteiger partial charge in [0.05, 0.1) is 12.1 Å². The zero-order chi connectivity index (χ0) is 12.3. The molecule has 1 aliphatic rings. The molecule has 2 atom stereocenters. The fourth-order valence-corrected chi connectivity index (χ4v) is 2.44. The molecule has 1 aromatic rings. The zero-order valence-corrected chi connectivity index (χ0v) is 10.3. The van der Waals surface area contributed by atoms with E-state index < -0.39 is 0 Å². The van der Waals surface area contributed by atoms with Crippen LogP contribution in [-0.4, -0.2) is 23.4 Å². The van der Waals surface area contributed by atoms with Crippen molar-refractivity contribution in [2.24, 2.45) is 5.73 Å². The van der Waals surface area contributed by atoms with Gasteiger partial charge in [-0.25, -0.2) is 0 Å². The molecule has 3 nitrogen and oxygen atoms in total. The van der Waals surface area contributed by atoms with Crippen molar-refractivity contribution in [2.45, 2.75) is 38.3 Å². The van der Waals surface area contributed by atoms with Crippen LogP contribution in [-0.2, 0) is 4.79 Å². The summed E-state index contributed by atoms with van der Waals surface area (Å²) in [6.45, 7) is 2.79. The number of hydrogen-bond acceptors (Lipinski definition) is 2. The maximum atomic E-state index is 12.2. The van der Waals surface area contributed by atoms with E-state index in [1.54, 1.807) is 0 Å². The van der Waals surface area contributed by atoms with Crippen LogP contribution in [0, 0.1) is 0 Å². The zero-order valence-electron chi connectivity index (χ0n) is 10.3. The molecule has 0 aliphatic carbocycles. The topological polar surface area (TPSA) is 46.3 Å². The molecule has 1 amide bonds. The van der Waals surface area contributed by atoms with E-state index in [1.807, 2.05) is 30.0 Å². The van der Waals surface area contributed by atoms with Crippen LogP contribution in [0.25, 0.3) is 0 Å². The van der Waals surface area contributed by atoms with Crippen LogP contribution < -0.4 is 5.73 Å². The minimum atomic E-state index is -0.348. The summed E-state index contributed by atoms with van der Waals surface area (Å²) in [5, 5.41) is 0. The number of likely N-dealkylation sites (tertiary alicyclic amines) is 1. The molecule has 1 fully saturated rings. The number of rotatable bonds is 3. The molecule has 92 valence electrons. The minimum absolute atomic E-state index is 0.0962. The van der Waals surface area contributed by atoms with Crippen molar-refractivity contribution in [1.29, 1.82) is 0 Å². The molecule has 17 heavy (non-hydrogen) atoms. The van der Waals surface area contributed by atoms with Gasteiger partial charge in [0.25, 0.3) is 0 Å². The van der Waals surface area contributed by atoms with Crippen molar-refractivity contribution in [3.8, 4) is 0 Å². The Hall–Kier alpha value is -1.35. The van der Waals surface area contributed by atoms with Crippen molar-refractivity contribution < 1.29 is 4.79 Å². The predicted octanol–water partition coefficient (Wildman–Crippen LogP) is 2.09. The fraction of sp³-hybridized carbons (Fsp3) is 0.500. The first-order valence-electron chi connectivity index (χ1n) is 6.35. The maximum absolute atomic E-state index is 12.2. The van der Waals surface area contributed by atoms with Crippen LogP contribution >= 0.6 is 0 Å². The Labute approximate surface area is 103 Å². The summed E-state index contributed by atoms with van der Waals surface area (Å²) in [5.74, 6) is 0.0962. The van der Waals surface area contributed by atoms with Gasteiger partial charge in [-0.1, -0.05) is 37.3 Å². The highest BCUT2D eigenvalue weighted by atomic mass is 16.2. The average molecular weight is 232 g/mol. The van der Waals surface area contributed by atoms with Gasteiger partial charge in [-0.05, 0) is 24.8 Å². The van der Waals surface area contributed by atoms with E-state index in [4.69, 9.17) is 5.73 Å². The largest absolute Gasteiger partial charge is 0.334 e. The predicted molar refractivity (Wildman–Crippen MR) is 68.4 cm³/mol. The van der Waals surface area contributed by atoms with E-state index in [2.05, 4.69) is 12.1 Å². The SMILES string of the molecule is CC[C@H](N)C(=O)N1CCCC1c1ccccc1. The van der Waals surface area contributed by atoms with Crippen LogP contribution in [0.3, 0.4) is 0 Å². The summed E-state index contributed by atoms with van der Waals surface area (Å²) >= 11 is 0. The van der Waals surface area contributed by atoms with E-state index in [0.29, 0.717) is 6.42 Å². The van der Waals surface area contributed by atoms with Crippen LogP contribution in [0.5, 0.6) is 0 Å². The summed E-state index contributed by atoms with van der Waals surface area (Å²) < 4.78 is 0. The van der Waals surface area contributed by atoms with Gasteiger partial charge in [0.1, 0.15) is 0 Å². The lowest BCUT2D eigenvalue weighted by molar-refractivity contribution is -0.133. The number of nitrogens with zero attached hydrogens (tertiary/aromatic N) is 1. The first kappa shape index (κ1) is 12.1. The highest BCUT2D eigenvalue weighted by Crippen LogP contribution is 2.32. The standard InChI is InChI=1S/C14H20N2O/c1-2-12(15)14(17)16-10-6-9-13(16)11-7-4-3-5-8-11/h3-5,7-8,12-13H,2,6,9-10,15H2,1H3/t12-,13?/m0/s1. The first-order chi connectivity index (χ1) is 8.24. The molecule has 1 aromatic carbocycles. The fourth-order valence-electron chi connectivity index (χ4n) is 2.44. The Bertz CT molecular complexity index is 377. The number of nitrogens with two attached hydrogens (primary N) is 1. The Morgan fingerprint density at radius 3 is 2.82 bits per heavy atom. The molecule has 1 unspecified atom stereocenters. The van der Waals surface area contributed by atoms with Gasteiger partial charge in [0.2, 0.25) is 5.91 Å². The molecule has 2 N–H and O–H groups in total. The molecule has 1 heterocycles. The van der Waals surface area contributed by atoms with Gasteiger partial charge in [-0.15, -0.1) is 0 Å². The summed E-state index contributed by atoms with van der Waals surface area (Å²) in [6, 6.07) is 10.1. The molecule has 1 aliphatic heterocycles. The van der Waals surface area contributed by atoms with Gasteiger partial charge >= 0.3 is 0 Å². The van der Waals surface area contributed by atoms with Crippen molar-refractivity contribution >= 4 is 5.91 Å². The molecular weight excluding hydrogens is 212 g/mol. The Morgan fingerprint density at radius 1 is 1.47 bits per heavy atom. The van der Waals surface area contributed by atoms with Crippen molar-refractivity contribution in [1.82, 2.24) is 4.90 Å². The monoisotopic (exact) mass is 232 g/mol. The molecule has 3 heteroatoms. The molecule has 0 aromatic heterocycles. The van der Waals surface area contributed by atoms with Gasteiger partial charge in [-0.3, -0.25) is 4.79 Å². The van der Waals surface area contributed by atoms with E-state index in [0.717, 1.165) is 19.4 Å². The molecule has 0 radical (unpaired) electrons. The first-order valence-corrected chi connectivity index (χ1v) is 6.35. The smallest absolute Gasteiger partial charge is 0.239 e. The number of benzene rings is 1. The number of amides is 1. The van der Waals surface area contributed by atoms with Gasteiger partial charge in [0, 0.05) is 6.54 Å². The van der Waals surface area contributed by atoms with Crippen molar-refractivity contribution in [2.75, 3.05) is 6.54 Å². The lowest BCUT2D eigenvalue weighted by Crippen LogP contribution is -2.42. The van der Waals surface area contributed by atoms with E-state index >= 15 is 0 Å². The Morgan fingerprint density at radius 2 is 2.18 bits per heavy atom. The quantitative estimate of drug-likeness (QED) is 0.867. The molecule has 1 saturated heterocycles.